The average Bonchev–Trinajstić information content (AvgIpc) is 3.85. The van der Waals surface area contributed by atoms with Crippen LogP contribution in [0.15, 0.2) is 12.7 Å². The molecule has 4 aliphatic rings. The Morgan fingerprint density at radius 3 is 2.57 bits per heavy atom. The predicted octanol–water partition coefficient (Wildman–Crippen LogP) is 3.56. The van der Waals surface area contributed by atoms with Crippen LogP contribution in [0.1, 0.15) is 84.8 Å². The minimum atomic E-state index is -0.708. The van der Waals surface area contributed by atoms with Crippen LogP contribution in [0.3, 0.4) is 0 Å². The number of rotatable bonds is 15. The molecule has 0 radical (unpaired) electrons. The molecule has 1 unspecified atom stereocenters. The fourth-order valence-electron chi connectivity index (χ4n) is 7.71. The van der Waals surface area contributed by atoms with Crippen molar-refractivity contribution in [1.29, 1.82) is 0 Å². The summed E-state index contributed by atoms with van der Waals surface area (Å²) in [5, 5.41) is 10.4. The van der Waals surface area contributed by atoms with E-state index >= 15 is 0 Å². The minimum absolute atomic E-state index is 0.0474. The minimum Gasteiger partial charge on any atom is -0.463 e. The van der Waals surface area contributed by atoms with Crippen molar-refractivity contribution in [2.24, 2.45) is 5.41 Å². The van der Waals surface area contributed by atoms with Crippen LogP contribution >= 0.6 is 23.5 Å². The Morgan fingerprint density at radius 1 is 1.06 bits per heavy atom. The van der Waals surface area contributed by atoms with Crippen molar-refractivity contribution in [2.75, 3.05) is 30.9 Å². The number of esters is 2. The molecule has 0 bridgehead atoms. The van der Waals surface area contributed by atoms with Crippen LogP contribution in [0.5, 0.6) is 0 Å². The van der Waals surface area contributed by atoms with E-state index in [-0.39, 0.29) is 47.4 Å². The largest absolute Gasteiger partial charge is 0.463 e. The molecule has 0 aliphatic carbocycles. The molecule has 2 aromatic rings. The molecule has 4 fully saturated rings. The number of hydrogen-bond donors (Lipinski definition) is 4. The van der Waals surface area contributed by atoms with E-state index in [2.05, 4.69) is 51.7 Å². The standard InChI is InChI=1S/C33H50N8O6S2/c1-32(2)15-48-21(26(32)35-4)9-6-8-12-24(43)47-20-13-19(46-30(20)41-18-38-25-28(34)36-17-37-29(25)41)14-45-23(42)11-7-5-10-22-27-33(3,16-49-22)40-31(44)39-27/h17-22,26-27,30,35H,5-16H2,1-4H3,(H2,34,36,37)(H2,39,40,44)/t19-,20?,21-,22-,26+,27+,30+,33-/m0/s1. The summed E-state index contributed by atoms with van der Waals surface area (Å²) in [7, 11) is 2.03. The summed E-state index contributed by atoms with van der Waals surface area (Å²) in [4.78, 5) is 50.3. The number of fused-ring (bicyclic) bond motifs is 2. The maximum atomic E-state index is 13.1. The molecule has 5 N–H and O–H groups in total. The Balaban J connectivity index is 0.979. The van der Waals surface area contributed by atoms with Gasteiger partial charge in [0.05, 0.1) is 24.0 Å². The van der Waals surface area contributed by atoms with Crippen molar-refractivity contribution in [3.05, 3.63) is 12.7 Å². The summed E-state index contributed by atoms with van der Waals surface area (Å²) in [5.74, 6) is 1.68. The summed E-state index contributed by atoms with van der Waals surface area (Å²) in [6.45, 7) is 6.74. The van der Waals surface area contributed by atoms with Gasteiger partial charge in [0, 0.05) is 47.3 Å². The molecule has 6 heterocycles. The lowest BCUT2D eigenvalue weighted by Crippen LogP contribution is -2.47. The van der Waals surface area contributed by atoms with Gasteiger partial charge in [-0.05, 0) is 45.1 Å². The number of nitrogens with one attached hydrogen (secondary N) is 3. The van der Waals surface area contributed by atoms with E-state index in [1.807, 2.05) is 30.6 Å². The van der Waals surface area contributed by atoms with Crippen LogP contribution in [-0.2, 0) is 23.8 Å². The number of anilines is 1. The van der Waals surface area contributed by atoms with E-state index in [0.29, 0.717) is 53.4 Å². The highest BCUT2D eigenvalue weighted by Crippen LogP contribution is 2.43. The Hall–Kier alpha value is -2.82. The van der Waals surface area contributed by atoms with Gasteiger partial charge >= 0.3 is 18.0 Å². The van der Waals surface area contributed by atoms with Gasteiger partial charge in [-0.15, -0.1) is 0 Å². The number of nitrogens with two attached hydrogens (primary N) is 1. The topological polar surface area (TPSA) is 185 Å². The zero-order valence-corrected chi connectivity index (χ0v) is 30.4. The first-order chi connectivity index (χ1) is 23.5. The Labute approximate surface area is 295 Å². The smallest absolute Gasteiger partial charge is 0.315 e. The van der Waals surface area contributed by atoms with Gasteiger partial charge in [0.1, 0.15) is 24.6 Å². The number of nitrogen functional groups attached to an aromatic ring is 1. The first-order valence-corrected chi connectivity index (χ1v) is 19.5. The van der Waals surface area contributed by atoms with Crippen LogP contribution in [0, 0.1) is 5.41 Å². The van der Waals surface area contributed by atoms with E-state index in [0.717, 1.165) is 43.6 Å². The molecule has 0 spiro atoms. The lowest BCUT2D eigenvalue weighted by Gasteiger charge is -2.29. The third-order valence-electron chi connectivity index (χ3n) is 10.3. The normalized spacial score (nSPS) is 31.8. The number of nitrogens with zero attached hydrogens (tertiary/aromatic N) is 4. The second-order valence-corrected chi connectivity index (χ2v) is 17.1. The second-order valence-electron chi connectivity index (χ2n) is 14.6. The fraction of sp³-hybridized carbons (Fsp3) is 0.758. The van der Waals surface area contributed by atoms with Gasteiger partial charge in [0.2, 0.25) is 0 Å². The van der Waals surface area contributed by atoms with Crippen molar-refractivity contribution in [2.45, 2.75) is 125 Å². The van der Waals surface area contributed by atoms with Crippen LogP contribution in [0.4, 0.5) is 10.6 Å². The molecule has 49 heavy (non-hydrogen) atoms. The van der Waals surface area contributed by atoms with Gasteiger partial charge in [-0.3, -0.25) is 14.2 Å². The zero-order valence-electron chi connectivity index (χ0n) is 28.8. The molecule has 8 atom stereocenters. The molecular formula is C33H50N8O6S2. The van der Waals surface area contributed by atoms with Crippen molar-refractivity contribution >= 4 is 58.5 Å². The maximum Gasteiger partial charge on any atom is 0.315 e. The molecule has 270 valence electrons. The summed E-state index contributed by atoms with van der Waals surface area (Å²) >= 11 is 3.88. The highest BCUT2D eigenvalue weighted by Gasteiger charge is 2.51. The molecule has 16 heteroatoms. The third-order valence-corrected chi connectivity index (χ3v) is 13.8. The maximum absolute atomic E-state index is 13.1. The number of ether oxygens (including phenoxy) is 3. The van der Waals surface area contributed by atoms with Crippen LogP contribution in [-0.4, -0.2) is 103 Å². The molecule has 0 aromatic carbocycles. The Kier molecular flexibility index (Phi) is 11.2. The van der Waals surface area contributed by atoms with Crippen molar-refractivity contribution < 1.29 is 28.6 Å². The van der Waals surface area contributed by atoms with Gasteiger partial charge in [0.15, 0.2) is 17.7 Å². The lowest BCUT2D eigenvalue weighted by atomic mass is 9.84. The number of carbonyl (C=O) groups excluding carboxylic acids is 3. The lowest BCUT2D eigenvalue weighted by molar-refractivity contribution is -0.155. The Morgan fingerprint density at radius 2 is 1.80 bits per heavy atom. The van der Waals surface area contributed by atoms with Crippen LogP contribution in [0.2, 0.25) is 0 Å². The summed E-state index contributed by atoms with van der Waals surface area (Å²) in [6.07, 6.45) is 7.31. The molecule has 0 saturated carbocycles. The zero-order chi connectivity index (χ0) is 34.8. The summed E-state index contributed by atoms with van der Waals surface area (Å²) < 4.78 is 19.7. The van der Waals surface area contributed by atoms with Gasteiger partial charge in [-0.2, -0.15) is 23.5 Å². The number of imidazole rings is 1. The van der Waals surface area contributed by atoms with E-state index in [1.165, 1.54) is 6.33 Å². The summed E-state index contributed by atoms with van der Waals surface area (Å²) in [6, 6.07) is 0.462. The van der Waals surface area contributed by atoms with Crippen LogP contribution < -0.4 is 21.7 Å². The SMILES string of the molecule is CN[C@@H]1[C@H](CCCCC(=O)OC2C[C@@H](COC(=O)CCCC[C@@H]3SC[C@]4(C)NC(=O)N[C@H]34)O[C@H]2n2cnc3c(N)ncnc32)SCC1(C)C. The molecule has 2 aromatic heterocycles. The quantitative estimate of drug-likeness (QED) is 0.119. The monoisotopic (exact) mass is 718 g/mol. The van der Waals surface area contributed by atoms with Gasteiger partial charge in [0.25, 0.3) is 0 Å². The van der Waals surface area contributed by atoms with Gasteiger partial charge in [-0.25, -0.2) is 19.7 Å². The van der Waals surface area contributed by atoms with Crippen LogP contribution in [0.25, 0.3) is 11.2 Å². The highest BCUT2D eigenvalue weighted by molar-refractivity contribution is 8.00. The van der Waals surface area contributed by atoms with Crippen molar-refractivity contribution in [3.8, 4) is 0 Å². The van der Waals surface area contributed by atoms with Crippen molar-refractivity contribution in [1.82, 2.24) is 35.5 Å². The molecule has 6 rings (SSSR count). The average molecular weight is 719 g/mol. The number of amides is 2. The molecule has 2 amide bonds. The van der Waals surface area contributed by atoms with E-state index in [1.54, 1.807) is 10.9 Å². The molecular weight excluding hydrogens is 669 g/mol. The number of hydrogen-bond acceptors (Lipinski definition) is 13. The predicted molar refractivity (Wildman–Crippen MR) is 189 cm³/mol. The molecule has 4 saturated heterocycles. The Bertz CT molecular complexity index is 1510. The van der Waals surface area contributed by atoms with Crippen molar-refractivity contribution in [3.63, 3.8) is 0 Å². The molecule has 14 nitrogen and oxygen atoms in total. The van der Waals surface area contributed by atoms with E-state index < -0.39 is 18.4 Å². The third kappa shape index (κ3) is 8.07. The van der Waals surface area contributed by atoms with E-state index in [4.69, 9.17) is 19.9 Å². The number of thioether (sulfide) groups is 2. The number of aromatic nitrogens is 4. The number of unbranched alkanes of at least 4 members (excludes halogenated alkanes) is 2. The highest BCUT2D eigenvalue weighted by atomic mass is 32.2. The first-order valence-electron chi connectivity index (χ1n) is 17.4. The first kappa shape index (κ1) is 36.0. The van der Waals surface area contributed by atoms with Gasteiger partial charge in [-0.1, -0.05) is 26.7 Å². The summed E-state index contributed by atoms with van der Waals surface area (Å²) in [5.41, 5.74) is 6.98. The van der Waals surface area contributed by atoms with E-state index in [9.17, 15) is 14.4 Å². The van der Waals surface area contributed by atoms with Gasteiger partial charge < -0.3 is 35.9 Å². The number of urea groups is 1. The fourth-order valence-corrected chi connectivity index (χ4v) is 11.3. The second kappa shape index (κ2) is 15.2. The molecule has 4 aliphatic heterocycles. The number of carbonyl (C=O) groups is 3.